The number of aryl methyl sites for hydroxylation is 3. The minimum atomic E-state index is -4.27. The van der Waals surface area contributed by atoms with Gasteiger partial charge in [0, 0.05) is 13.8 Å². The topological polar surface area (TPSA) is 61.1 Å². The lowest BCUT2D eigenvalue weighted by Crippen LogP contribution is -2.35. The lowest BCUT2D eigenvalue weighted by atomic mass is 10.2. The molecule has 1 heterocycles. The predicted octanol–water partition coefficient (Wildman–Crippen LogP) is 2.57. The number of hydrogen-bond acceptors (Lipinski definition) is 4. The average Bonchev–Trinajstić information content (AvgIpc) is 2.68. The molecule has 0 saturated heterocycles. The fourth-order valence-electron chi connectivity index (χ4n) is 1.72. The van der Waals surface area contributed by atoms with Gasteiger partial charge in [-0.2, -0.15) is 4.57 Å². The minimum Gasteiger partial charge on any atom is -0.744 e. The number of rotatable bonds is 2. The van der Waals surface area contributed by atoms with E-state index in [4.69, 9.17) is 0 Å². The lowest BCUT2D eigenvalue weighted by molar-refractivity contribution is -0.700. The van der Waals surface area contributed by atoms with E-state index < -0.39 is 10.1 Å². The van der Waals surface area contributed by atoms with Crippen molar-refractivity contribution in [2.24, 2.45) is 0 Å². The Bertz CT molecular complexity index is 639. The van der Waals surface area contributed by atoms with E-state index in [2.05, 4.69) is 30.7 Å². The van der Waals surface area contributed by atoms with Gasteiger partial charge in [0.25, 0.3) is 0 Å². The first-order chi connectivity index (χ1) is 9.25. The molecule has 20 heavy (non-hydrogen) atoms. The number of aromatic nitrogens is 1. The molecule has 4 nitrogen and oxygen atoms in total. The Morgan fingerprint density at radius 2 is 1.70 bits per heavy atom. The third-order valence-electron chi connectivity index (χ3n) is 2.83. The van der Waals surface area contributed by atoms with Crippen LogP contribution < -0.4 is 4.57 Å². The first-order valence-electron chi connectivity index (χ1n) is 6.22. The molecular formula is C14H19NO3S2. The molecule has 0 fully saturated rings. The van der Waals surface area contributed by atoms with Gasteiger partial charge in [0.05, 0.1) is 10.3 Å². The van der Waals surface area contributed by atoms with E-state index in [0.717, 1.165) is 12.1 Å². The first-order valence-corrected chi connectivity index (χ1v) is 8.51. The molecule has 6 heteroatoms. The van der Waals surface area contributed by atoms with Crippen LogP contribution in [0.5, 0.6) is 0 Å². The van der Waals surface area contributed by atoms with Crippen molar-refractivity contribution in [1.29, 1.82) is 0 Å². The average molecular weight is 313 g/mol. The molecule has 0 radical (unpaired) electrons. The zero-order valence-electron chi connectivity index (χ0n) is 12.1. The van der Waals surface area contributed by atoms with Crippen LogP contribution in [0.25, 0.3) is 0 Å². The minimum absolute atomic E-state index is 0.178. The van der Waals surface area contributed by atoms with Crippen LogP contribution in [0, 0.1) is 20.8 Å². The molecule has 0 atom stereocenters. The van der Waals surface area contributed by atoms with Gasteiger partial charge in [0.1, 0.15) is 16.7 Å². The van der Waals surface area contributed by atoms with Crippen molar-refractivity contribution < 1.29 is 17.5 Å². The molecule has 0 bridgehead atoms. The van der Waals surface area contributed by atoms with Crippen molar-refractivity contribution in [3.63, 3.8) is 0 Å². The van der Waals surface area contributed by atoms with Crippen molar-refractivity contribution in [2.75, 3.05) is 0 Å². The maximum atomic E-state index is 10.4. The van der Waals surface area contributed by atoms with E-state index in [1.807, 2.05) is 18.3 Å². The molecule has 0 N–H and O–H groups in total. The number of nitrogens with zero attached hydrogens (tertiary/aromatic N) is 1. The number of hydrogen-bond donors (Lipinski definition) is 0. The molecule has 1 aromatic heterocycles. The first kappa shape index (κ1) is 16.8. The number of thiazole rings is 1. The van der Waals surface area contributed by atoms with Crippen molar-refractivity contribution >= 4 is 21.5 Å². The summed E-state index contributed by atoms with van der Waals surface area (Å²) < 4.78 is 33.5. The third-order valence-corrected chi connectivity index (χ3v) is 4.70. The van der Waals surface area contributed by atoms with Crippen LogP contribution in [0.2, 0.25) is 0 Å². The summed E-state index contributed by atoms with van der Waals surface area (Å²) in [5.41, 5.74) is 2.30. The SMILES string of the molecule is CC[n+]1c(C)csc1C.Cc1ccc(S(=O)(=O)[O-])cc1. The van der Waals surface area contributed by atoms with E-state index in [1.54, 1.807) is 12.1 Å². The maximum absolute atomic E-state index is 10.4. The molecule has 0 spiro atoms. The van der Waals surface area contributed by atoms with Crippen LogP contribution in [0.15, 0.2) is 34.5 Å². The molecule has 0 saturated carbocycles. The highest BCUT2D eigenvalue weighted by molar-refractivity contribution is 7.85. The second-order valence-electron chi connectivity index (χ2n) is 4.41. The summed E-state index contributed by atoms with van der Waals surface area (Å²) in [7, 11) is -4.27. The van der Waals surface area contributed by atoms with Crippen molar-refractivity contribution in [2.45, 2.75) is 39.1 Å². The molecule has 1 aromatic carbocycles. The molecule has 0 amide bonds. The van der Waals surface area contributed by atoms with Gasteiger partial charge in [0.2, 0.25) is 5.01 Å². The van der Waals surface area contributed by atoms with E-state index >= 15 is 0 Å². The molecule has 2 aromatic rings. The van der Waals surface area contributed by atoms with Gasteiger partial charge in [-0.05, 0) is 26.0 Å². The molecule has 0 unspecified atom stereocenters. The van der Waals surface area contributed by atoms with E-state index in [9.17, 15) is 13.0 Å². The molecule has 0 aliphatic rings. The van der Waals surface area contributed by atoms with Gasteiger partial charge < -0.3 is 4.55 Å². The summed E-state index contributed by atoms with van der Waals surface area (Å²) in [5.74, 6) is 0. The van der Waals surface area contributed by atoms with Crippen LogP contribution in [-0.2, 0) is 16.7 Å². The molecule has 2 rings (SSSR count). The summed E-state index contributed by atoms with van der Waals surface area (Å²) >= 11 is 1.82. The van der Waals surface area contributed by atoms with Crippen LogP contribution >= 0.6 is 11.3 Å². The summed E-state index contributed by atoms with van der Waals surface area (Å²) in [6.07, 6.45) is 0. The van der Waals surface area contributed by atoms with Gasteiger partial charge in [0.15, 0.2) is 5.69 Å². The lowest BCUT2D eigenvalue weighted by Gasteiger charge is -2.05. The van der Waals surface area contributed by atoms with E-state index in [0.29, 0.717) is 0 Å². The van der Waals surface area contributed by atoms with Gasteiger partial charge in [-0.3, -0.25) is 0 Å². The zero-order chi connectivity index (χ0) is 15.3. The van der Waals surface area contributed by atoms with Crippen LogP contribution in [0.3, 0.4) is 0 Å². The standard InChI is InChI=1S/C7H12NS.C7H8O3S/c1-4-8-6(2)5-9-7(8)3;1-6-2-4-7(5-3-6)11(8,9)10/h5H,4H2,1-3H3;2-5H,1H3,(H,8,9,10)/q+1;/p-1. The van der Waals surface area contributed by atoms with Gasteiger partial charge in [-0.1, -0.05) is 29.0 Å². The van der Waals surface area contributed by atoms with Crippen molar-refractivity contribution in [3.8, 4) is 0 Å². The highest BCUT2D eigenvalue weighted by Gasteiger charge is 2.08. The Labute approximate surface area is 124 Å². The normalized spacial score (nSPS) is 10.8. The van der Waals surface area contributed by atoms with E-state index in [-0.39, 0.29) is 4.90 Å². The second-order valence-corrected chi connectivity index (χ2v) is 6.85. The smallest absolute Gasteiger partial charge is 0.234 e. The predicted molar refractivity (Wildman–Crippen MR) is 78.8 cm³/mol. The quantitative estimate of drug-likeness (QED) is 0.632. The highest BCUT2D eigenvalue weighted by Crippen LogP contribution is 2.08. The second kappa shape index (κ2) is 6.97. The summed E-state index contributed by atoms with van der Waals surface area (Å²) in [4.78, 5) is -0.178. The largest absolute Gasteiger partial charge is 0.744 e. The van der Waals surface area contributed by atoms with Gasteiger partial charge >= 0.3 is 0 Å². The molecule has 0 aliphatic heterocycles. The van der Waals surface area contributed by atoms with Gasteiger partial charge in [-0.15, -0.1) is 0 Å². The monoisotopic (exact) mass is 313 g/mol. The summed E-state index contributed by atoms with van der Waals surface area (Å²) in [5, 5.41) is 3.59. The maximum Gasteiger partial charge on any atom is 0.234 e. The molecule has 0 aliphatic carbocycles. The molecule has 110 valence electrons. The van der Waals surface area contributed by atoms with Crippen LogP contribution in [0.4, 0.5) is 0 Å². The molecular weight excluding hydrogens is 294 g/mol. The van der Waals surface area contributed by atoms with Crippen molar-refractivity contribution in [1.82, 2.24) is 0 Å². The van der Waals surface area contributed by atoms with Gasteiger partial charge in [-0.25, -0.2) is 8.42 Å². The highest BCUT2D eigenvalue weighted by atomic mass is 32.2. The Balaban J connectivity index is 0.000000204. The Morgan fingerprint density at radius 3 is 2.00 bits per heavy atom. The van der Waals surface area contributed by atoms with Crippen molar-refractivity contribution in [3.05, 3.63) is 45.9 Å². The third kappa shape index (κ3) is 4.70. The zero-order valence-corrected chi connectivity index (χ0v) is 13.7. The Hall–Kier alpha value is -1.24. The fourth-order valence-corrected chi connectivity index (χ4v) is 3.06. The summed E-state index contributed by atoms with van der Waals surface area (Å²) in [6, 6.07) is 5.78. The Morgan fingerprint density at radius 1 is 1.15 bits per heavy atom. The van der Waals surface area contributed by atoms with Crippen LogP contribution in [-0.4, -0.2) is 13.0 Å². The van der Waals surface area contributed by atoms with E-state index in [1.165, 1.54) is 22.8 Å². The summed E-state index contributed by atoms with van der Waals surface area (Å²) in [6.45, 7) is 9.39. The van der Waals surface area contributed by atoms with Crippen LogP contribution in [0.1, 0.15) is 23.2 Å². The number of benzene rings is 1. The fraction of sp³-hybridized carbons (Fsp3) is 0.357. The Kier molecular flexibility index (Phi) is 5.86.